The van der Waals surface area contributed by atoms with Gasteiger partial charge < -0.3 is 10.2 Å². The number of carbonyl (C=O) groups excluding carboxylic acids is 1. The molecule has 3 rings (SSSR count). The van der Waals surface area contributed by atoms with Crippen molar-refractivity contribution in [2.45, 2.75) is 38.8 Å². The largest absolute Gasteiger partial charge is 0.337 e. The second kappa shape index (κ2) is 4.39. The molecule has 3 heteroatoms. The van der Waals surface area contributed by atoms with E-state index in [4.69, 9.17) is 0 Å². The summed E-state index contributed by atoms with van der Waals surface area (Å²) in [5.41, 5.74) is 4.05. The second-order valence-electron chi connectivity index (χ2n) is 5.41. The summed E-state index contributed by atoms with van der Waals surface area (Å²) in [7, 11) is 0. The fraction of sp³-hybridized carbons (Fsp3) is 0.533. The van der Waals surface area contributed by atoms with E-state index in [0.29, 0.717) is 24.4 Å². The summed E-state index contributed by atoms with van der Waals surface area (Å²) in [4.78, 5) is 13.9. The van der Waals surface area contributed by atoms with E-state index in [1.807, 2.05) is 0 Å². The molecule has 1 aromatic rings. The van der Waals surface area contributed by atoms with Crippen LogP contribution in [0.2, 0.25) is 0 Å². The first-order valence-corrected chi connectivity index (χ1v) is 6.77. The van der Waals surface area contributed by atoms with Gasteiger partial charge in [0, 0.05) is 19.5 Å². The van der Waals surface area contributed by atoms with E-state index in [1.165, 1.54) is 16.7 Å². The van der Waals surface area contributed by atoms with Crippen molar-refractivity contribution in [1.82, 2.24) is 10.2 Å². The Hall–Kier alpha value is -1.35. The van der Waals surface area contributed by atoms with Crippen LogP contribution in [0.15, 0.2) is 18.2 Å². The highest BCUT2D eigenvalue weighted by atomic mass is 16.2. The molecule has 2 atom stereocenters. The molecule has 2 saturated heterocycles. The lowest BCUT2D eigenvalue weighted by molar-refractivity contribution is -0.130. The van der Waals surface area contributed by atoms with Crippen molar-refractivity contribution >= 4 is 5.91 Å². The van der Waals surface area contributed by atoms with Crippen LogP contribution in [0.3, 0.4) is 0 Å². The molecule has 2 fully saturated rings. The van der Waals surface area contributed by atoms with E-state index in [1.54, 1.807) is 0 Å². The molecule has 2 aliphatic heterocycles. The Labute approximate surface area is 108 Å². The number of benzene rings is 1. The van der Waals surface area contributed by atoms with E-state index in [-0.39, 0.29) is 0 Å². The van der Waals surface area contributed by atoms with Gasteiger partial charge in [-0.15, -0.1) is 0 Å². The molecule has 0 radical (unpaired) electrons. The Morgan fingerprint density at radius 1 is 1.33 bits per heavy atom. The van der Waals surface area contributed by atoms with Crippen molar-refractivity contribution in [1.29, 1.82) is 0 Å². The summed E-state index contributed by atoms with van der Waals surface area (Å²) in [5.74, 6) is 0.330. The van der Waals surface area contributed by atoms with E-state index in [9.17, 15) is 4.79 Å². The van der Waals surface area contributed by atoms with Crippen molar-refractivity contribution in [2.24, 2.45) is 0 Å². The number of hydrogen-bond acceptors (Lipinski definition) is 2. The summed E-state index contributed by atoms with van der Waals surface area (Å²) in [6.45, 7) is 6.10. The molecule has 2 heterocycles. The molecule has 2 aliphatic rings. The van der Waals surface area contributed by atoms with Gasteiger partial charge in [-0.3, -0.25) is 4.79 Å². The Kier molecular flexibility index (Phi) is 2.86. The molecule has 2 unspecified atom stereocenters. The van der Waals surface area contributed by atoms with Gasteiger partial charge >= 0.3 is 0 Å². The minimum absolute atomic E-state index is 0.310. The molecule has 0 aliphatic carbocycles. The van der Waals surface area contributed by atoms with Gasteiger partial charge in [-0.25, -0.2) is 0 Å². The van der Waals surface area contributed by atoms with E-state index in [0.717, 1.165) is 19.5 Å². The first-order valence-electron chi connectivity index (χ1n) is 6.77. The van der Waals surface area contributed by atoms with Gasteiger partial charge in [-0.2, -0.15) is 0 Å². The molecule has 0 aromatic heterocycles. The highest BCUT2D eigenvalue weighted by Gasteiger charge is 2.39. The van der Waals surface area contributed by atoms with Gasteiger partial charge in [0.2, 0.25) is 5.91 Å². The van der Waals surface area contributed by atoms with Crippen molar-refractivity contribution in [3.63, 3.8) is 0 Å². The second-order valence-corrected chi connectivity index (χ2v) is 5.41. The minimum atomic E-state index is 0.310. The number of fused-ring (bicyclic) bond motifs is 1. The van der Waals surface area contributed by atoms with Crippen molar-refractivity contribution in [2.75, 3.05) is 13.1 Å². The third-order valence-electron chi connectivity index (χ3n) is 4.46. The smallest absolute Gasteiger partial charge is 0.223 e. The molecule has 0 bridgehead atoms. The summed E-state index contributed by atoms with van der Waals surface area (Å²) in [5, 5.41) is 3.60. The van der Waals surface area contributed by atoms with Gasteiger partial charge in [0.1, 0.15) is 0 Å². The molecule has 1 amide bonds. The highest BCUT2D eigenvalue weighted by molar-refractivity contribution is 5.79. The van der Waals surface area contributed by atoms with Crippen LogP contribution in [0.5, 0.6) is 0 Å². The summed E-state index contributed by atoms with van der Waals surface area (Å²) >= 11 is 0. The predicted molar refractivity (Wildman–Crippen MR) is 71.4 cm³/mol. The van der Waals surface area contributed by atoms with Crippen LogP contribution in [-0.2, 0) is 4.79 Å². The van der Waals surface area contributed by atoms with Crippen LogP contribution in [-0.4, -0.2) is 29.9 Å². The van der Waals surface area contributed by atoms with Gasteiger partial charge in [0.05, 0.1) is 12.1 Å². The topological polar surface area (TPSA) is 32.3 Å². The number of hydrogen-bond donors (Lipinski definition) is 1. The highest BCUT2D eigenvalue weighted by Crippen LogP contribution is 2.34. The normalized spacial score (nSPS) is 27.4. The zero-order valence-electron chi connectivity index (χ0n) is 11.1. The lowest BCUT2D eigenvalue weighted by atomic mass is 9.90. The summed E-state index contributed by atoms with van der Waals surface area (Å²) in [6, 6.07) is 7.14. The van der Waals surface area contributed by atoms with Crippen LogP contribution in [0.4, 0.5) is 0 Å². The Morgan fingerprint density at radius 3 is 3.00 bits per heavy atom. The van der Waals surface area contributed by atoms with Gasteiger partial charge in [-0.1, -0.05) is 18.2 Å². The number of aryl methyl sites for hydroxylation is 1. The van der Waals surface area contributed by atoms with E-state index < -0.39 is 0 Å². The molecule has 0 saturated carbocycles. The van der Waals surface area contributed by atoms with Crippen LogP contribution >= 0.6 is 0 Å². The number of piperazine rings is 1. The fourth-order valence-corrected chi connectivity index (χ4v) is 3.30. The number of nitrogens with one attached hydrogen (secondary N) is 1. The summed E-state index contributed by atoms with van der Waals surface area (Å²) < 4.78 is 0. The summed E-state index contributed by atoms with van der Waals surface area (Å²) in [6.07, 6.45) is 1.71. The van der Waals surface area contributed by atoms with Crippen LogP contribution in [0.1, 0.15) is 35.6 Å². The molecule has 96 valence electrons. The quantitative estimate of drug-likeness (QED) is 0.819. The molecule has 1 aromatic carbocycles. The SMILES string of the molecule is Cc1cccc(C2NCCN3C(=O)CCC23)c1C. The number of carbonyl (C=O) groups is 1. The van der Waals surface area contributed by atoms with E-state index >= 15 is 0 Å². The van der Waals surface area contributed by atoms with Crippen molar-refractivity contribution in [3.8, 4) is 0 Å². The van der Waals surface area contributed by atoms with Crippen LogP contribution in [0.25, 0.3) is 0 Å². The Morgan fingerprint density at radius 2 is 2.17 bits per heavy atom. The number of rotatable bonds is 1. The first-order chi connectivity index (χ1) is 8.68. The average molecular weight is 244 g/mol. The fourth-order valence-electron chi connectivity index (χ4n) is 3.30. The molecular weight excluding hydrogens is 224 g/mol. The predicted octanol–water partition coefficient (Wildman–Crippen LogP) is 1.94. The van der Waals surface area contributed by atoms with Crippen LogP contribution < -0.4 is 5.32 Å². The van der Waals surface area contributed by atoms with E-state index in [2.05, 4.69) is 42.3 Å². The number of amides is 1. The molecule has 1 N–H and O–H groups in total. The molecule has 3 nitrogen and oxygen atoms in total. The monoisotopic (exact) mass is 244 g/mol. The Bertz CT molecular complexity index is 483. The van der Waals surface area contributed by atoms with Gasteiger partial charge in [0.25, 0.3) is 0 Å². The minimum Gasteiger partial charge on any atom is -0.337 e. The zero-order valence-corrected chi connectivity index (χ0v) is 11.1. The maximum atomic E-state index is 11.8. The maximum absolute atomic E-state index is 11.8. The van der Waals surface area contributed by atoms with Gasteiger partial charge in [0.15, 0.2) is 0 Å². The Balaban J connectivity index is 1.96. The maximum Gasteiger partial charge on any atom is 0.223 e. The van der Waals surface area contributed by atoms with Crippen LogP contribution in [0, 0.1) is 13.8 Å². The molecule has 18 heavy (non-hydrogen) atoms. The van der Waals surface area contributed by atoms with Crippen molar-refractivity contribution in [3.05, 3.63) is 34.9 Å². The molecule has 0 spiro atoms. The lowest BCUT2D eigenvalue weighted by Crippen LogP contribution is -2.51. The first kappa shape index (κ1) is 11.7. The number of nitrogens with zero attached hydrogens (tertiary/aromatic N) is 1. The van der Waals surface area contributed by atoms with Gasteiger partial charge in [-0.05, 0) is 37.0 Å². The van der Waals surface area contributed by atoms with Crippen molar-refractivity contribution < 1.29 is 4.79 Å². The molecular formula is C15H20N2O. The standard InChI is InChI=1S/C15H20N2O/c1-10-4-3-5-12(11(10)2)15-13-6-7-14(18)17(13)9-8-16-15/h3-5,13,15-16H,6-9H2,1-2H3. The third-order valence-corrected chi connectivity index (χ3v) is 4.46. The third kappa shape index (κ3) is 1.74. The zero-order chi connectivity index (χ0) is 12.7. The average Bonchev–Trinajstić information content (AvgIpc) is 2.75. The lowest BCUT2D eigenvalue weighted by Gasteiger charge is -2.38.